The third-order valence-electron chi connectivity index (χ3n) is 3.31. The fraction of sp³-hybridized carbons (Fsp3) is 0.600. The Morgan fingerprint density at radius 2 is 1.68 bits per heavy atom. The van der Waals surface area contributed by atoms with Crippen LogP contribution in [0.4, 0.5) is 0 Å². The van der Waals surface area contributed by atoms with Gasteiger partial charge in [0.25, 0.3) is 0 Å². The Kier molecular flexibility index (Phi) is 12.9. The second kappa shape index (κ2) is 12.4. The van der Waals surface area contributed by atoms with E-state index in [1.54, 1.807) is 0 Å². The van der Waals surface area contributed by atoms with E-state index in [4.69, 9.17) is 53.5 Å². The average molecular weight is 569 g/mol. The van der Waals surface area contributed by atoms with Gasteiger partial charge in [-0.05, 0) is 24.8 Å². The van der Waals surface area contributed by atoms with E-state index in [1.165, 1.54) is 0 Å². The summed E-state index contributed by atoms with van der Waals surface area (Å²) in [5.41, 5.74) is 12.8. The van der Waals surface area contributed by atoms with Gasteiger partial charge in [-0.1, -0.05) is 50.1 Å². The van der Waals surface area contributed by atoms with E-state index in [9.17, 15) is 0 Å². The molecule has 7 heteroatoms. The second-order valence-corrected chi connectivity index (χ2v) is 10.3. The third kappa shape index (κ3) is 10.7. The number of rotatable bonds is 8. The molecule has 0 saturated heterocycles. The predicted molar refractivity (Wildman–Crippen MR) is 96.4 cm³/mol. The second-order valence-electron chi connectivity index (χ2n) is 5.41. The minimum absolute atomic E-state index is 0.370. The van der Waals surface area contributed by atoms with Crippen LogP contribution >= 0.6 is 42.0 Å². The number of halogens is 4. The summed E-state index contributed by atoms with van der Waals surface area (Å²) >= 11 is 12.3. The van der Waals surface area contributed by atoms with Crippen molar-refractivity contribution in [1.82, 2.24) is 0 Å². The zero-order chi connectivity index (χ0) is 17.1. The fourth-order valence-corrected chi connectivity index (χ4v) is 3.05. The molecule has 2 nitrogen and oxygen atoms in total. The van der Waals surface area contributed by atoms with Crippen molar-refractivity contribution in [3.63, 3.8) is 0 Å². The molecular formula is C15H24Cl4N2Pt. The predicted octanol–water partition coefficient (Wildman–Crippen LogP) is 5.02. The van der Waals surface area contributed by atoms with Gasteiger partial charge in [0.1, 0.15) is 4.33 Å². The third-order valence-corrected chi connectivity index (χ3v) is 3.96. The van der Waals surface area contributed by atoms with Gasteiger partial charge in [0.05, 0.1) is 0 Å². The first-order valence-electron chi connectivity index (χ1n) is 7.05. The zero-order valence-electron chi connectivity index (χ0n) is 12.6. The number of unbranched alkanes of at least 4 members (excludes halogenated alkanes) is 1. The van der Waals surface area contributed by atoms with E-state index >= 15 is 0 Å². The Labute approximate surface area is 160 Å². The van der Waals surface area contributed by atoms with Gasteiger partial charge in [0, 0.05) is 12.1 Å². The van der Waals surface area contributed by atoms with Crippen LogP contribution in [0.1, 0.15) is 38.2 Å². The van der Waals surface area contributed by atoms with Crippen molar-refractivity contribution in [3.8, 4) is 0 Å². The molecule has 0 fully saturated rings. The van der Waals surface area contributed by atoms with Crippen LogP contribution in [0.2, 0.25) is 0 Å². The summed E-state index contributed by atoms with van der Waals surface area (Å²) in [4.78, 5) is 0. The van der Waals surface area contributed by atoms with Gasteiger partial charge in [0.15, 0.2) is 0 Å². The number of nitrogens with two attached hydrogens (primary N) is 2. The molecule has 0 aliphatic rings. The average Bonchev–Trinajstić information content (AvgIpc) is 2.46. The van der Waals surface area contributed by atoms with Crippen LogP contribution < -0.4 is 11.5 Å². The molecule has 0 aliphatic carbocycles. The van der Waals surface area contributed by atoms with Crippen molar-refractivity contribution < 1.29 is 16.5 Å². The van der Waals surface area contributed by atoms with Gasteiger partial charge in [-0.3, -0.25) is 0 Å². The van der Waals surface area contributed by atoms with Crippen molar-refractivity contribution in [1.29, 1.82) is 0 Å². The molecule has 0 radical (unpaired) electrons. The Balaban J connectivity index is 0.00000135. The summed E-state index contributed by atoms with van der Waals surface area (Å²) in [5.74, 6) is 0. The van der Waals surface area contributed by atoms with Crippen LogP contribution in [-0.2, 0) is 22.9 Å². The summed E-state index contributed by atoms with van der Waals surface area (Å²) in [5, 5.41) is 0. The molecule has 4 N–H and O–H groups in total. The van der Waals surface area contributed by atoms with Crippen LogP contribution in [0.5, 0.6) is 0 Å². The van der Waals surface area contributed by atoms with Gasteiger partial charge in [-0.25, -0.2) is 0 Å². The number of alkyl halides is 2. The van der Waals surface area contributed by atoms with Crippen molar-refractivity contribution in [2.24, 2.45) is 11.5 Å². The van der Waals surface area contributed by atoms with Crippen LogP contribution in [0.3, 0.4) is 0 Å². The molecule has 1 aromatic carbocycles. The quantitative estimate of drug-likeness (QED) is 0.433. The molecule has 0 amide bonds. The monoisotopic (exact) mass is 567 g/mol. The number of hydrogen-bond acceptors (Lipinski definition) is 2. The van der Waals surface area contributed by atoms with Crippen LogP contribution in [0.15, 0.2) is 30.3 Å². The van der Waals surface area contributed by atoms with Crippen LogP contribution in [0, 0.1) is 0 Å². The molecule has 1 aromatic rings. The SMILES string of the molecule is CCCCC(Cl)(Cl)CC(N)(CN)Cc1ccccc1.[Cl][Pt][Cl]. The first-order valence-corrected chi connectivity index (χ1v) is 13.4. The molecule has 0 heterocycles. The maximum absolute atomic E-state index is 6.39. The summed E-state index contributed by atoms with van der Waals surface area (Å²) in [6.45, 7) is 2.49. The molecule has 1 rings (SSSR count). The topological polar surface area (TPSA) is 52.0 Å². The van der Waals surface area contributed by atoms with Crippen molar-refractivity contribution in [2.45, 2.75) is 48.9 Å². The van der Waals surface area contributed by atoms with E-state index < -0.39 is 26.4 Å². The molecule has 22 heavy (non-hydrogen) atoms. The van der Waals surface area contributed by atoms with E-state index in [0.29, 0.717) is 19.4 Å². The molecule has 1 unspecified atom stereocenters. The van der Waals surface area contributed by atoms with E-state index in [1.807, 2.05) is 30.3 Å². The summed E-state index contributed by atoms with van der Waals surface area (Å²) in [7, 11) is 9.75. The van der Waals surface area contributed by atoms with Crippen molar-refractivity contribution in [2.75, 3.05) is 6.54 Å². The summed E-state index contributed by atoms with van der Waals surface area (Å²) in [6, 6.07) is 10.1. The Morgan fingerprint density at radius 1 is 1.14 bits per heavy atom. The number of benzene rings is 1. The Bertz CT molecular complexity index is 392. The maximum atomic E-state index is 6.39. The van der Waals surface area contributed by atoms with Crippen molar-refractivity contribution in [3.05, 3.63) is 35.9 Å². The fourth-order valence-electron chi connectivity index (χ4n) is 2.25. The Hall–Kier alpha value is 0.988. The van der Waals surface area contributed by atoms with Gasteiger partial charge in [-0.15, -0.1) is 23.2 Å². The Morgan fingerprint density at radius 3 is 2.14 bits per heavy atom. The molecule has 0 saturated carbocycles. The molecule has 1 atom stereocenters. The molecular weight excluding hydrogens is 545 g/mol. The first-order chi connectivity index (χ1) is 10.3. The molecule has 132 valence electrons. The summed E-state index contributed by atoms with van der Waals surface area (Å²) in [6.07, 6.45) is 4.02. The van der Waals surface area contributed by atoms with Crippen molar-refractivity contribution >= 4 is 42.0 Å². The number of hydrogen-bond donors (Lipinski definition) is 2. The molecule has 0 bridgehead atoms. The normalized spacial score (nSPS) is 14.1. The van der Waals surface area contributed by atoms with Gasteiger partial charge < -0.3 is 11.5 Å². The standard InChI is InChI=1S/C15H24Cl2N2.2ClH.Pt/c1-2-3-9-15(16,17)11-14(19,12-18)10-13-7-5-4-6-8-13;;;/h4-8H,2-3,9-12,18-19H2,1H3;2*1H;/q;;;+2/p-2. The van der Waals surface area contributed by atoms with E-state index in [2.05, 4.69) is 6.92 Å². The van der Waals surface area contributed by atoms with Gasteiger partial charge in [0.2, 0.25) is 0 Å². The summed E-state index contributed by atoms with van der Waals surface area (Å²) < 4.78 is -0.793. The first kappa shape index (κ1) is 23.0. The molecule has 0 spiro atoms. The van der Waals surface area contributed by atoms with Gasteiger partial charge in [-0.2, -0.15) is 0 Å². The van der Waals surface area contributed by atoms with Crippen LogP contribution in [0.25, 0.3) is 0 Å². The molecule has 0 aromatic heterocycles. The van der Waals surface area contributed by atoms with E-state index in [0.717, 1.165) is 24.8 Å². The van der Waals surface area contributed by atoms with E-state index in [-0.39, 0.29) is 0 Å². The van der Waals surface area contributed by atoms with Gasteiger partial charge >= 0.3 is 35.3 Å². The minimum atomic E-state index is -0.793. The van der Waals surface area contributed by atoms with Crippen LogP contribution in [-0.4, -0.2) is 16.4 Å². The zero-order valence-corrected chi connectivity index (χ0v) is 17.9. The molecule has 0 aliphatic heterocycles.